The van der Waals surface area contributed by atoms with Crippen molar-refractivity contribution in [3.8, 4) is 0 Å². The maximum atomic E-state index is 5.96. The highest BCUT2D eigenvalue weighted by Crippen LogP contribution is 2.20. The first-order valence-corrected chi connectivity index (χ1v) is 7.04. The SMILES string of the molecule is CCCn1cncc1C(CN)N(C)CC(C)CC. The lowest BCUT2D eigenvalue weighted by Crippen LogP contribution is -2.34. The molecule has 0 aliphatic heterocycles. The lowest BCUT2D eigenvalue weighted by atomic mass is 10.1. The van der Waals surface area contributed by atoms with Gasteiger partial charge in [-0.2, -0.15) is 0 Å². The minimum absolute atomic E-state index is 0.271. The number of likely N-dealkylation sites (N-methyl/N-ethyl adjacent to an activating group) is 1. The first-order valence-electron chi connectivity index (χ1n) is 7.04. The predicted molar refractivity (Wildman–Crippen MR) is 76.4 cm³/mol. The van der Waals surface area contributed by atoms with E-state index in [1.165, 1.54) is 12.1 Å². The molecule has 0 bridgehead atoms. The van der Waals surface area contributed by atoms with E-state index >= 15 is 0 Å². The molecular weight excluding hydrogens is 224 g/mol. The summed E-state index contributed by atoms with van der Waals surface area (Å²) in [4.78, 5) is 6.63. The van der Waals surface area contributed by atoms with Crippen molar-refractivity contribution in [1.82, 2.24) is 14.5 Å². The fourth-order valence-corrected chi connectivity index (χ4v) is 2.31. The molecule has 1 aromatic heterocycles. The van der Waals surface area contributed by atoms with Gasteiger partial charge in [0.1, 0.15) is 0 Å². The van der Waals surface area contributed by atoms with Crippen molar-refractivity contribution in [3.05, 3.63) is 18.2 Å². The fraction of sp³-hybridized carbons (Fsp3) is 0.786. The van der Waals surface area contributed by atoms with Crippen LogP contribution >= 0.6 is 0 Å². The van der Waals surface area contributed by atoms with Crippen molar-refractivity contribution in [2.75, 3.05) is 20.1 Å². The Morgan fingerprint density at radius 1 is 1.44 bits per heavy atom. The second kappa shape index (κ2) is 7.54. The summed E-state index contributed by atoms with van der Waals surface area (Å²) in [6.07, 6.45) is 6.20. The predicted octanol–water partition coefficient (Wildman–Crippen LogP) is 2.27. The van der Waals surface area contributed by atoms with Gasteiger partial charge in [0.15, 0.2) is 0 Å². The van der Waals surface area contributed by atoms with Gasteiger partial charge in [0.25, 0.3) is 0 Å². The fourth-order valence-electron chi connectivity index (χ4n) is 2.31. The highest BCUT2D eigenvalue weighted by atomic mass is 15.2. The zero-order valence-corrected chi connectivity index (χ0v) is 12.3. The van der Waals surface area contributed by atoms with E-state index in [0.717, 1.165) is 19.5 Å². The second-order valence-corrected chi connectivity index (χ2v) is 5.22. The third kappa shape index (κ3) is 3.82. The molecule has 104 valence electrons. The highest BCUT2D eigenvalue weighted by molar-refractivity contribution is 5.06. The molecule has 2 N–H and O–H groups in total. The molecule has 2 unspecified atom stereocenters. The molecule has 0 saturated carbocycles. The Morgan fingerprint density at radius 2 is 2.17 bits per heavy atom. The third-order valence-electron chi connectivity index (χ3n) is 3.60. The average Bonchev–Trinajstić information content (AvgIpc) is 2.79. The zero-order valence-electron chi connectivity index (χ0n) is 12.3. The number of imidazole rings is 1. The monoisotopic (exact) mass is 252 g/mol. The summed E-state index contributed by atoms with van der Waals surface area (Å²) in [5.74, 6) is 0.701. The molecule has 0 aliphatic rings. The lowest BCUT2D eigenvalue weighted by Gasteiger charge is -2.29. The van der Waals surface area contributed by atoms with Crippen LogP contribution < -0.4 is 5.73 Å². The van der Waals surface area contributed by atoms with Gasteiger partial charge in [-0.3, -0.25) is 4.90 Å². The molecule has 18 heavy (non-hydrogen) atoms. The van der Waals surface area contributed by atoms with E-state index in [4.69, 9.17) is 5.73 Å². The number of nitrogens with zero attached hydrogens (tertiary/aromatic N) is 3. The van der Waals surface area contributed by atoms with E-state index in [2.05, 4.69) is 42.3 Å². The number of rotatable bonds is 8. The summed E-state index contributed by atoms with van der Waals surface area (Å²) in [5.41, 5.74) is 7.21. The summed E-state index contributed by atoms with van der Waals surface area (Å²) in [6, 6.07) is 0.271. The molecule has 1 rings (SSSR count). The van der Waals surface area contributed by atoms with Crippen molar-refractivity contribution in [2.45, 2.75) is 46.2 Å². The maximum Gasteiger partial charge on any atom is 0.0948 e. The standard InChI is InChI=1S/C14H28N4/c1-5-7-18-11-16-9-14(18)13(8-15)17(4)10-12(3)6-2/h9,11-13H,5-8,10,15H2,1-4H3. The molecule has 0 amide bonds. The van der Waals surface area contributed by atoms with Crippen LogP contribution in [0.3, 0.4) is 0 Å². The maximum absolute atomic E-state index is 5.96. The van der Waals surface area contributed by atoms with E-state index < -0.39 is 0 Å². The minimum atomic E-state index is 0.271. The quantitative estimate of drug-likeness (QED) is 0.772. The summed E-state index contributed by atoms with van der Waals surface area (Å²) >= 11 is 0. The topological polar surface area (TPSA) is 47.1 Å². The molecule has 0 spiro atoms. The summed E-state index contributed by atoms with van der Waals surface area (Å²) in [5, 5.41) is 0. The third-order valence-corrected chi connectivity index (χ3v) is 3.60. The van der Waals surface area contributed by atoms with Crippen LogP contribution in [0.5, 0.6) is 0 Å². The number of hydrogen-bond donors (Lipinski definition) is 1. The number of hydrogen-bond acceptors (Lipinski definition) is 3. The Bertz CT molecular complexity index is 334. The van der Waals surface area contributed by atoms with Gasteiger partial charge >= 0.3 is 0 Å². The Morgan fingerprint density at radius 3 is 2.72 bits per heavy atom. The summed E-state index contributed by atoms with van der Waals surface area (Å²) < 4.78 is 2.23. The Kier molecular flexibility index (Phi) is 6.36. The first-order chi connectivity index (χ1) is 8.63. The van der Waals surface area contributed by atoms with Gasteiger partial charge in [-0.05, 0) is 19.4 Å². The van der Waals surface area contributed by atoms with Crippen LogP contribution in [0.1, 0.15) is 45.3 Å². The van der Waals surface area contributed by atoms with Crippen molar-refractivity contribution < 1.29 is 0 Å². The molecule has 0 radical (unpaired) electrons. The summed E-state index contributed by atoms with van der Waals surface area (Å²) in [6.45, 7) is 9.44. The van der Waals surface area contributed by atoms with Gasteiger partial charge in [-0.25, -0.2) is 4.98 Å². The highest BCUT2D eigenvalue weighted by Gasteiger charge is 2.20. The van der Waals surface area contributed by atoms with Gasteiger partial charge in [-0.1, -0.05) is 27.2 Å². The molecule has 1 heterocycles. The minimum Gasteiger partial charge on any atom is -0.333 e. The number of aromatic nitrogens is 2. The average molecular weight is 252 g/mol. The molecule has 0 saturated heterocycles. The van der Waals surface area contributed by atoms with Crippen LogP contribution in [0.15, 0.2) is 12.5 Å². The Hall–Kier alpha value is -0.870. The van der Waals surface area contributed by atoms with E-state index in [-0.39, 0.29) is 6.04 Å². The van der Waals surface area contributed by atoms with Gasteiger partial charge in [0.2, 0.25) is 0 Å². The van der Waals surface area contributed by atoms with Crippen LogP contribution in [-0.2, 0) is 6.54 Å². The molecule has 4 heteroatoms. The number of nitrogens with two attached hydrogens (primary N) is 1. The molecule has 1 aromatic rings. The van der Waals surface area contributed by atoms with Crippen LogP contribution in [-0.4, -0.2) is 34.6 Å². The zero-order chi connectivity index (χ0) is 13.5. The smallest absolute Gasteiger partial charge is 0.0948 e. The van der Waals surface area contributed by atoms with Gasteiger partial charge in [0.05, 0.1) is 18.1 Å². The van der Waals surface area contributed by atoms with Crippen LogP contribution in [0.25, 0.3) is 0 Å². The number of aryl methyl sites for hydroxylation is 1. The van der Waals surface area contributed by atoms with Gasteiger partial charge < -0.3 is 10.3 Å². The van der Waals surface area contributed by atoms with Crippen molar-refractivity contribution in [2.24, 2.45) is 11.7 Å². The second-order valence-electron chi connectivity index (χ2n) is 5.22. The molecule has 0 aliphatic carbocycles. The van der Waals surface area contributed by atoms with E-state index in [1.54, 1.807) is 0 Å². The van der Waals surface area contributed by atoms with Crippen molar-refractivity contribution in [1.29, 1.82) is 0 Å². The van der Waals surface area contributed by atoms with E-state index in [0.29, 0.717) is 12.5 Å². The van der Waals surface area contributed by atoms with Crippen LogP contribution in [0.4, 0.5) is 0 Å². The van der Waals surface area contributed by atoms with Gasteiger partial charge in [0, 0.05) is 25.8 Å². The van der Waals surface area contributed by atoms with Crippen LogP contribution in [0.2, 0.25) is 0 Å². The van der Waals surface area contributed by atoms with Crippen molar-refractivity contribution in [3.63, 3.8) is 0 Å². The molecule has 0 fully saturated rings. The Balaban J connectivity index is 2.78. The first kappa shape index (κ1) is 15.2. The van der Waals surface area contributed by atoms with E-state index in [9.17, 15) is 0 Å². The largest absolute Gasteiger partial charge is 0.333 e. The molecule has 0 aromatic carbocycles. The molecular formula is C14H28N4. The summed E-state index contributed by atoms with van der Waals surface area (Å²) in [7, 11) is 2.16. The van der Waals surface area contributed by atoms with Crippen LogP contribution in [0, 0.1) is 5.92 Å². The lowest BCUT2D eigenvalue weighted by molar-refractivity contribution is 0.207. The molecule has 4 nitrogen and oxygen atoms in total. The van der Waals surface area contributed by atoms with Crippen molar-refractivity contribution >= 4 is 0 Å². The van der Waals surface area contributed by atoms with E-state index in [1.807, 2.05) is 12.5 Å². The molecule has 2 atom stereocenters. The normalized spacial score (nSPS) is 15.0. The van der Waals surface area contributed by atoms with Gasteiger partial charge in [-0.15, -0.1) is 0 Å². The Labute approximate surface area is 111 Å².